The van der Waals surface area contributed by atoms with E-state index < -0.39 is 0 Å². The Kier molecular flexibility index (Phi) is 7.85. The normalized spacial score (nSPS) is 12.1. The molecule has 1 aliphatic rings. The minimum absolute atomic E-state index is 0.0923. The second kappa shape index (κ2) is 11.8. The third kappa shape index (κ3) is 6.12. The molecule has 38 heavy (non-hydrogen) atoms. The second-order valence-electron chi connectivity index (χ2n) is 8.93. The summed E-state index contributed by atoms with van der Waals surface area (Å²) in [6, 6.07) is 31.4. The monoisotopic (exact) mass is 521 g/mol. The molecule has 4 aromatic carbocycles. The molecule has 4 aromatic rings. The Morgan fingerprint density at radius 1 is 0.842 bits per heavy atom. The van der Waals surface area contributed by atoms with Crippen molar-refractivity contribution in [3.8, 4) is 16.9 Å². The minimum Gasteiger partial charge on any atom is -0.484 e. The molecule has 0 unspecified atom stereocenters. The van der Waals surface area contributed by atoms with Gasteiger partial charge in [0.2, 0.25) is 5.91 Å². The summed E-state index contributed by atoms with van der Waals surface area (Å²) in [4.78, 5) is 24.6. The first-order valence-electron chi connectivity index (χ1n) is 12.3. The van der Waals surface area contributed by atoms with Gasteiger partial charge in [-0.3, -0.25) is 9.59 Å². The third-order valence-corrected chi connectivity index (χ3v) is 7.42. The number of fused-ring (bicyclic) bond motifs is 3. The number of ether oxygens (including phenoxy) is 1. The Morgan fingerprint density at radius 2 is 1.47 bits per heavy atom. The van der Waals surface area contributed by atoms with Crippen LogP contribution < -0.4 is 15.5 Å². The van der Waals surface area contributed by atoms with Crippen molar-refractivity contribution in [3.63, 3.8) is 0 Å². The minimum atomic E-state index is -0.232. The molecule has 0 aliphatic heterocycles. The predicted molar refractivity (Wildman–Crippen MR) is 154 cm³/mol. The van der Waals surface area contributed by atoms with Crippen LogP contribution in [-0.4, -0.2) is 30.4 Å². The largest absolute Gasteiger partial charge is 0.484 e. The zero-order valence-electron chi connectivity index (χ0n) is 20.9. The van der Waals surface area contributed by atoms with E-state index >= 15 is 0 Å². The first-order chi connectivity index (χ1) is 18.6. The van der Waals surface area contributed by atoms with Crippen molar-refractivity contribution in [2.24, 2.45) is 5.10 Å². The highest BCUT2D eigenvalue weighted by Crippen LogP contribution is 2.49. The van der Waals surface area contributed by atoms with Gasteiger partial charge in [-0.15, -0.1) is 11.8 Å². The number of amides is 2. The number of nitrogens with one attached hydrogen (secondary N) is 2. The van der Waals surface area contributed by atoms with Crippen molar-refractivity contribution in [2.45, 2.75) is 12.2 Å². The zero-order chi connectivity index (χ0) is 26.3. The number of rotatable bonds is 9. The van der Waals surface area contributed by atoms with Gasteiger partial charge in [0.05, 0.1) is 17.2 Å². The van der Waals surface area contributed by atoms with Crippen LogP contribution in [0, 0.1) is 6.92 Å². The molecule has 2 N–H and O–H groups in total. The lowest BCUT2D eigenvalue weighted by Crippen LogP contribution is -2.20. The highest BCUT2D eigenvalue weighted by molar-refractivity contribution is 8.00. The van der Waals surface area contributed by atoms with Crippen LogP contribution in [0.5, 0.6) is 5.75 Å². The molecular weight excluding hydrogens is 494 g/mol. The topological polar surface area (TPSA) is 79.8 Å². The lowest BCUT2D eigenvalue weighted by atomic mass is 10.1. The number of hydrogen-bond donors (Lipinski definition) is 2. The highest BCUT2D eigenvalue weighted by atomic mass is 32.2. The average molecular weight is 522 g/mol. The summed E-state index contributed by atoms with van der Waals surface area (Å²) >= 11 is 1.60. The number of carbonyl (C=O) groups excluding carboxylic acids is 2. The third-order valence-electron chi connectivity index (χ3n) is 6.15. The average Bonchev–Trinajstić information content (AvgIpc) is 3.26. The number of hydrazone groups is 1. The molecule has 190 valence electrons. The Balaban J connectivity index is 1.07. The van der Waals surface area contributed by atoms with E-state index in [2.05, 4.69) is 40.1 Å². The summed E-state index contributed by atoms with van der Waals surface area (Å²) < 4.78 is 5.56. The second-order valence-corrected chi connectivity index (χ2v) is 10.0. The lowest BCUT2D eigenvalue weighted by Gasteiger charge is -2.12. The van der Waals surface area contributed by atoms with Crippen molar-refractivity contribution in [1.82, 2.24) is 5.43 Å². The molecule has 0 bridgehead atoms. The van der Waals surface area contributed by atoms with Gasteiger partial charge in [-0.1, -0.05) is 66.2 Å². The molecule has 0 atom stereocenters. The van der Waals surface area contributed by atoms with E-state index in [1.165, 1.54) is 22.3 Å². The first-order valence-corrected chi connectivity index (χ1v) is 13.3. The fourth-order valence-electron chi connectivity index (χ4n) is 4.29. The Hall–Kier alpha value is -4.36. The summed E-state index contributed by atoms with van der Waals surface area (Å²) in [5.41, 5.74) is 10.2. The Morgan fingerprint density at radius 3 is 2.13 bits per heavy atom. The number of hydrogen-bond acceptors (Lipinski definition) is 5. The van der Waals surface area contributed by atoms with Gasteiger partial charge >= 0.3 is 0 Å². The van der Waals surface area contributed by atoms with Crippen LogP contribution in [0.1, 0.15) is 27.5 Å². The van der Waals surface area contributed by atoms with E-state index in [-0.39, 0.29) is 23.7 Å². The van der Waals surface area contributed by atoms with E-state index in [1.807, 2.05) is 67.6 Å². The van der Waals surface area contributed by atoms with Gasteiger partial charge in [-0.05, 0) is 71.1 Å². The number of benzene rings is 4. The Bertz CT molecular complexity index is 1420. The zero-order valence-corrected chi connectivity index (χ0v) is 21.7. The maximum Gasteiger partial charge on any atom is 0.262 e. The first kappa shape index (κ1) is 25.3. The van der Waals surface area contributed by atoms with Gasteiger partial charge in [0.15, 0.2) is 6.61 Å². The van der Waals surface area contributed by atoms with Gasteiger partial charge in [-0.2, -0.15) is 5.10 Å². The van der Waals surface area contributed by atoms with Crippen molar-refractivity contribution in [3.05, 3.63) is 119 Å². The predicted octanol–water partition coefficient (Wildman–Crippen LogP) is 5.97. The number of anilines is 1. The van der Waals surface area contributed by atoms with Crippen LogP contribution in [0.15, 0.2) is 102 Å². The van der Waals surface area contributed by atoms with Gasteiger partial charge < -0.3 is 10.1 Å². The fourth-order valence-corrected chi connectivity index (χ4v) is 5.44. The van der Waals surface area contributed by atoms with Crippen molar-refractivity contribution >= 4 is 35.5 Å². The summed E-state index contributed by atoms with van der Waals surface area (Å²) in [7, 11) is 0. The van der Waals surface area contributed by atoms with Crippen LogP contribution in [0.4, 0.5) is 5.69 Å². The molecule has 0 heterocycles. The SMILES string of the molecule is Cc1ccc(NC(=O)COc2ccc(/C=N\NC(=O)CSC3c4ccccc4-c4ccccc43)cc2)cc1. The van der Waals surface area contributed by atoms with Gasteiger partial charge in [0, 0.05) is 5.69 Å². The van der Waals surface area contributed by atoms with Crippen LogP contribution in [0.25, 0.3) is 11.1 Å². The molecule has 1 aliphatic carbocycles. The molecule has 0 spiro atoms. The molecule has 0 radical (unpaired) electrons. The van der Waals surface area contributed by atoms with Crippen molar-refractivity contribution in [1.29, 1.82) is 0 Å². The van der Waals surface area contributed by atoms with E-state index in [1.54, 1.807) is 30.1 Å². The molecule has 6 nitrogen and oxygen atoms in total. The quantitative estimate of drug-likeness (QED) is 0.210. The molecule has 0 saturated heterocycles. The van der Waals surface area contributed by atoms with Gasteiger partial charge in [-0.25, -0.2) is 5.43 Å². The maximum absolute atomic E-state index is 12.5. The number of carbonyl (C=O) groups is 2. The van der Waals surface area contributed by atoms with E-state index in [9.17, 15) is 9.59 Å². The van der Waals surface area contributed by atoms with E-state index in [0.717, 1.165) is 16.8 Å². The lowest BCUT2D eigenvalue weighted by molar-refractivity contribution is -0.119. The van der Waals surface area contributed by atoms with Crippen molar-refractivity contribution < 1.29 is 14.3 Å². The van der Waals surface area contributed by atoms with E-state index in [0.29, 0.717) is 11.5 Å². The smallest absolute Gasteiger partial charge is 0.262 e. The summed E-state index contributed by atoms with van der Waals surface area (Å²) in [5, 5.41) is 7.02. The van der Waals surface area contributed by atoms with Crippen molar-refractivity contribution in [2.75, 3.05) is 17.7 Å². The molecule has 7 heteroatoms. The van der Waals surface area contributed by atoms with Crippen LogP contribution in [0.2, 0.25) is 0 Å². The standard InChI is InChI=1S/C31H27N3O3S/c1-21-10-14-23(15-11-21)33-29(35)19-37-24-16-12-22(13-17-24)18-32-34-30(36)20-38-31-27-8-4-2-6-25(27)26-7-3-5-9-28(26)31/h2-18,31H,19-20H2,1H3,(H,33,35)(H,34,36)/b32-18-. The van der Waals surface area contributed by atoms with E-state index in [4.69, 9.17) is 4.74 Å². The molecule has 0 saturated carbocycles. The maximum atomic E-state index is 12.5. The molecule has 5 rings (SSSR count). The molecule has 0 fully saturated rings. The fraction of sp³-hybridized carbons (Fsp3) is 0.129. The van der Waals surface area contributed by atoms with Crippen LogP contribution >= 0.6 is 11.8 Å². The van der Waals surface area contributed by atoms with Gasteiger partial charge in [0.1, 0.15) is 5.75 Å². The van der Waals surface area contributed by atoms with Crippen LogP contribution in [0.3, 0.4) is 0 Å². The number of aryl methyl sites for hydroxylation is 1. The summed E-state index contributed by atoms with van der Waals surface area (Å²) in [5.74, 6) is 0.471. The number of nitrogens with zero attached hydrogens (tertiary/aromatic N) is 1. The summed E-state index contributed by atoms with van der Waals surface area (Å²) in [6.07, 6.45) is 1.58. The Labute approximate surface area is 226 Å². The molecule has 0 aromatic heterocycles. The van der Waals surface area contributed by atoms with Gasteiger partial charge in [0.25, 0.3) is 5.91 Å². The summed E-state index contributed by atoms with van der Waals surface area (Å²) in [6.45, 7) is 1.90. The van der Waals surface area contributed by atoms with Crippen LogP contribution in [-0.2, 0) is 9.59 Å². The number of thioether (sulfide) groups is 1. The highest BCUT2D eigenvalue weighted by Gasteiger charge is 2.28. The molecule has 2 amide bonds. The molecular formula is C31H27N3O3S.